The second-order valence-electron chi connectivity index (χ2n) is 7.49. The lowest BCUT2D eigenvalue weighted by Crippen LogP contribution is -2.31. The van der Waals surface area contributed by atoms with Gasteiger partial charge >= 0.3 is 0 Å². The number of nitrogens with zero attached hydrogens (tertiary/aromatic N) is 4. The molecule has 2 aromatic carbocycles. The molecule has 3 aromatic rings. The standard InChI is InChI=1S/C22H19N5O3S/c28-18-11-5-10-17-19(18)20(15-8-4-9-16(12-15)27(29)30)26-21(23-17)24-22(25-26)31-13-14-6-2-1-3-7-14/h1-4,6-9,12,20H,5,10-11,13H2,(H,23,24,25). The fourth-order valence-corrected chi connectivity index (χ4v) is 4.82. The molecule has 0 spiro atoms. The van der Waals surface area contributed by atoms with Gasteiger partial charge in [0.1, 0.15) is 6.04 Å². The van der Waals surface area contributed by atoms with Gasteiger partial charge in [-0.1, -0.05) is 54.2 Å². The van der Waals surface area contributed by atoms with Crippen LogP contribution in [0.15, 0.2) is 71.0 Å². The quantitative estimate of drug-likeness (QED) is 0.359. The highest BCUT2D eigenvalue weighted by Gasteiger charge is 2.37. The maximum atomic E-state index is 12.9. The molecule has 0 saturated heterocycles. The molecule has 1 N–H and O–H groups in total. The zero-order valence-corrected chi connectivity index (χ0v) is 17.3. The molecule has 9 heteroatoms. The minimum Gasteiger partial charge on any atom is -0.328 e. The first-order valence-corrected chi connectivity index (χ1v) is 11.0. The number of nitro groups is 1. The van der Waals surface area contributed by atoms with Crippen molar-refractivity contribution in [3.05, 3.63) is 87.1 Å². The number of hydrogen-bond acceptors (Lipinski definition) is 7. The molecular formula is C22H19N5O3S. The maximum Gasteiger partial charge on any atom is 0.269 e. The minimum absolute atomic E-state index is 0.0122. The summed E-state index contributed by atoms with van der Waals surface area (Å²) in [7, 11) is 0. The van der Waals surface area contributed by atoms with E-state index in [0.29, 0.717) is 28.7 Å². The number of hydrogen-bond donors (Lipinski definition) is 1. The molecule has 31 heavy (non-hydrogen) atoms. The Hall–Kier alpha value is -3.46. The summed E-state index contributed by atoms with van der Waals surface area (Å²) in [6.45, 7) is 0. The van der Waals surface area contributed by atoms with Crippen molar-refractivity contribution in [1.29, 1.82) is 0 Å². The summed E-state index contributed by atoms with van der Waals surface area (Å²) in [4.78, 5) is 28.4. The third kappa shape index (κ3) is 3.72. The minimum atomic E-state index is -0.530. The van der Waals surface area contributed by atoms with Crippen molar-refractivity contribution in [3.63, 3.8) is 0 Å². The van der Waals surface area contributed by atoms with E-state index in [4.69, 9.17) is 0 Å². The van der Waals surface area contributed by atoms with Gasteiger partial charge in [0.2, 0.25) is 11.1 Å². The van der Waals surface area contributed by atoms with Crippen LogP contribution in [0.3, 0.4) is 0 Å². The second-order valence-corrected chi connectivity index (χ2v) is 8.43. The molecule has 1 atom stereocenters. The Morgan fingerprint density at radius 2 is 2.00 bits per heavy atom. The van der Waals surface area contributed by atoms with Crippen LogP contribution < -0.4 is 5.32 Å². The first kappa shape index (κ1) is 19.5. The number of fused-ring (bicyclic) bond motifs is 1. The SMILES string of the molecule is O=C1CCCC2=C1C(c1cccc([N+](=O)[O-])c1)n1nc(SCc3ccccc3)nc1N2. The van der Waals surface area contributed by atoms with E-state index < -0.39 is 11.0 Å². The smallest absolute Gasteiger partial charge is 0.269 e. The van der Waals surface area contributed by atoms with Gasteiger partial charge in [0.25, 0.3) is 5.69 Å². The fraction of sp³-hybridized carbons (Fsp3) is 0.227. The summed E-state index contributed by atoms with van der Waals surface area (Å²) < 4.78 is 1.69. The first-order chi connectivity index (χ1) is 15.1. The number of Topliss-reactive ketones (excluding diaryl/α,β-unsaturated/α-hetero) is 1. The second kappa shape index (κ2) is 7.99. The van der Waals surface area contributed by atoms with Crippen molar-refractivity contribution in [1.82, 2.24) is 14.8 Å². The highest BCUT2D eigenvalue weighted by molar-refractivity contribution is 7.98. The number of aromatic nitrogens is 3. The molecule has 2 aliphatic rings. The molecule has 5 rings (SSSR count). The molecule has 0 saturated carbocycles. The zero-order chi connectivity index (χ0) is 21.4. The van der Waals surface area contributed by atoms with E-state index in [2.05, 4.69) is 15.4 Å². The van der Waals surface area contributed by atoms with Crippen LogP contribution in [0.4, 0.5) is 11.6 Å². The van der Waals surface area contributed by atoms with Crippen molar-refractivity contribution >= 4 is 29.2 Å². The van der Waals surface area contributed by atoms with E-state index in [9.17, 15) is 14.9 Å². The van der Waals surface area contributed by atoms with Crippen molar-refractivity contribution in [2.45, 2.75) is 36.2 Å². The van der Waals surface area contributed by atoms with Gasteiger partial charge in [0.05, 0.1) is 4.92 Å². The summed E-state index contributed by atoms with van der Waals surface area (Å²) in [6, 6.07) is 15.9. The van der Waals surface area contributed by atoms with Gasteiger partial charge in [-0.25, -0.2) is 4.68 Å². The molecule has 1 aromatic heterocycles. The van der Waals surface area contributed by atoms with Gasteiger partial charge in [0, 0.05) is 35.6 Å². The lowest BCUT2D eigenvalue weighted by molar-refractivity contribution is -0.384. The molecule has 1 unspecified atom stereocenters. The highest BCUT2D eigenvalue weighted by Crippen LogP contribution is 2.41. The number of carbonyl (C=O) groups is 1. The Morgan fingerprint density at radius 1 is 1.16 bits per heavy atom. The number of ketones is 1. The van der Waals surface area contributed by atoms with Gasteiger partial charge < -0.3 is 5.32 Å². The van der Waals surface area contributed by atoms with E-state index in [0.717, 1.165) is 29.9 Å². The van der Waals surface area contributed by atoms with Crippen LogP contribution in [0, 0.1) is 10.1 Å². The number of nitro benzene ring substituents is 1. The monoisotopic (exact) mass is 433 g/mol. The number of non-ortho nitro benzene ring substituents is 1. The number of carbonyl (C=O) groups excluding carboxylic acids is 1. The Labute approximate surface area is 182 Å². The molecule has 2 heterocycles. The molecule has 0 bridgehead atoms. The largest absolute Gasteiger partial charge is 0.328 e. The van der Waals surface area contributed by atoms with Crippen LogP contribution in [0.1, 0.15) is 36.4 Å². The van der Waals surface area contributed by atoms with Gasteiger partial charge in [-0.3, -0.25) is 14.9 Å². The van der Waals surface area contributed by atoms with Crippen molar-refractivity contribution in [2.75, 3.05) is 5.32 Å². The predicted molar refractivity (Wildman–Crippen MR) is 117 cm³/mol. The highest BCUT2D eigenvalue weighted by atomic mass is 32.2. The van der Waals surface area contributed by atoms with Gasteiger partial charge in [-0.15, -0.1) is 5.10 Å². The summed E-state index contributed by atoms with van der Waals surface area (Å²) in [5, 5.41) is 19.9. The van der Waals surface area contributed by atoms with Gasteiger partial charge in [0.15, 0.2) is 5.78 Å². The molecule has 0 fully saturated rings. The molecule has 8 nitrogen and oxygen atoms in total. The lowest BCUT2D eigenvalue weighted by atomic mass is 9.85. The van der Waals surface area contributed by atoms with E-state index >= 15 is 0 Å². The molecule has 0 radical (unpaired) electrons. The van der Waals surface area contributed by atoms with Crippen LogP contribution in [0.2, 0.25) is 0 Å². The van der Waals surface area contributed by atoms with E-state index in [1.165, 1.54) is 23.9 Å². The molecule has 1 aliphatic heterocycles. The third-order valence-corrected chi connectivity index (χ3v) is 6.37. The van der Waals surface area contributed by atoms with Crippen molar-refractivity contribution < 1.29 is 9.72 Å². The van der Waals surface area contributed by atoms with Crippen LogP contribution in [-0.2, 0) is 10.5 Å². The number of anilines is 1. The number of allylic oxidation sites excluding steroid dienone is 2. The first-order valence-electron chi connectivity index (χ1n) is 10.0. The van der Waals surface area contributed by atoms with Crippen LogP contribution in [-0.4, -0.2) is 25.5 Å². The van der Waals surface area contributed by atoms with Crippen LogP contribution >= 0.6 is 11.8 Å². The Morgan fingerprint density at radius 3 is 2.81 bits per heavy atom. The fourth-order valence-electron chi connectivity index (χ4n) is 4.04. The average molecular weight is 433 g/mol. The molecule has 0 amide bonds. The zero-order valence-electron chi connectivity index (χ0n) is 16.5. The third-order valence-electron chi connectivity index (χ3n) is 5.46. The Kier molecular flexibility index (Phi) is 5.03. The average Bonchev–Trinajstić information content (AvgIpc) is 3.20. The number of rotatable bonds is 5. The summed E-state index contributed by atoms with van der Waals surface area (Å²) >= 11 is 1.51. The van der Waals surface area contributed by atoms with Crippen molar-refractivity contribution in [3.8, 4) is 0 Å². The normalized spacial score (nSPS) is 17.7. The van der Waals surface area contributed by atoms with Gasteiger partial charge in [-0.05, 0) is 24.0 Å². The van der Waals surface area contributed by atoms with Crippen LogP contribution in [0.25, 0.3) is 0 Å². The Balaban J connectivity index is 1.54. The van der Waals surface area contributed by atoms with E-state index in [-0.39, 0.29) is 11.5 Å². The van der Waals surface area contributed by atoms with Crippen LogP contribution in [0.5, 0.6) is 0 Å². The van der Waals surface area contributed by atoms with E-state index in [1.54, 1.807) is 16.8 Å². The predicted octanol–water partition coefficient (Wildman–Crippen LogP) is 4.50. The van der Waals surface area contributed by atoms with Gasteiger partial charge in [-0.2, -0.15) is 4.98 Å². The number of thioether (sulfide) groups is 1. The van der Waals surface area contributed by atoms with E-state index in [1.807, 2.05) is 30.3 Å². The number of benzene rings is 2. The topological polar surface area (TPSA) is 103 Å². The summed E-state index contributed by atoms with van der Waals surface area (Å²) in [6.07, 6.45) is 1.98. The summed E-state index contributed by atoms with van der Waals surface area (Å²) in [5.41, 5.74) is 3.28. The summed E-state index contributed by atoms with van der Waals surface area (Å²) in [5.74, 6) is 1.32. The van der Waals surface area contributed by atoms with Crippen molar-refractivity contribution in [2.24, 2.45) is 0 Å². The maximum absolute atomic E-state index is 12.9. The lowest BCUT2D eigenvalue weighted by Gasteiger charge is -2.32. The molecular weight excluding hydrogens is 414 g/mol. The molecule has 1 aliphatic carbocycles. The number of nitrogens with one attached hydrogen (secondary N) is 1. The Bertz CT molecular complexity index is 1200. The molecule has 156 valence electrons.